The number of aliphatic hydroxyl groups excluding tert-OH is 2. The molecule has 1 unspecified atom stereocenters. The molecule has 49 heavy (non-hydrogen) atoms. The molecule has 0 radical (unpaired) electrons. The second-order valence-corrected chi connectivity index (χ2v) is 13.6. The van der Waals surface area contributed by atoms with Crippen molar-refractivity contribution in [3.63, 3.8) is 0 Å². The first-order valence-electron chi connectivity index (χ1n) is 19.8. The molecule has 0 rings (SSSR count). The third-order valence-corrected chi connectivity index (χ3v) is 8.87. The number of rotatable bonds is 36. The Morgan fingerprint density at radius 2 is 0.796 bits per heavy atom. The Morgan fingerprint density at radius 1 is 0.490 bits per heavy atom. The third kappa shape index (κ3) is 29.3. The number of carbonyl (C=O) groups is 4. The smallest absolute Gasteiger partial charge is 0.352 e. The summed E-state index contributed by atoms with van der Waals surface area (Å²) in [6.07, 6.45) is 24.0. The summed E-state index contributed by atoms with van der Waals surface area (Å²) in [7, 11) is 0. The van der Waals surface area contributed by atoms with Crippen molar-refractivity contribution in [3.05, 3.63) is 0 Å². The highest BCUT2D eigenvalue weighted by Crippen LogP contribution is 2.17. The van der Waals surface area contributed by atoms with E-state index < -0.39 is 55.4 Å². The van der Waals surface area contributed by atoms with Gasteiger partial charge in [0.2, 0.25) is 12.2 Å². The van der Waals surface area contributed by atoms with Crippen LogP contribution in [0.25, 0.3) is 0 Å². The van der Waals surface area contributed by atoms with E-state index in [0.717, 1.165) is 51.4 Å². The summed E-state index contributed by atoms with van der Waals surface area (Å²) in [5.41, 5.74) is 0. The lowest BCUT2D eigenvalue weighted by atomic mass is 10.0. The van der Waals surface area contributed by atoms with Gasteiger partial charge in [0.1, 0.15) is 12.7 Å². The van der Waals surface area contributed by atoms with Crippen molar-refractivity contribution in [2.24, 2.45) is 0 Å². The molecule has 10 heteroatoms. The van der Waals surface area contributed by atoms with Crippen LogP contribution in [0.5, 0.6) is 0 Å². The molecule has 0 aromatic carbocycles. The zero-order valence-electron chi connectivity index (χ0n) is 31.1. The molecule has 0 amide bonds. The number of hydrogen-bond donors (Lipinski definition) is 3. The summed E-state index contributed by atoms with van der Waals surface area (Å²) in [5, 5.41) is 28.4. The van der Waals surface area contributed by atoms with E-state index in [4.69, 9.17) is 19.3 Å². The quantitative estimate of drug-likeness (QED) is 0.0328. The number of carbonyl (C=O) groups excluding carboxylic acids is 3. The fraction of sp³-hybridized carbons (Fsp3) is 0.897. The first-order valence-corrected chi connectivity index (χ1v) is 19.8. The maximum atomic E-state index is 12.8. The number of carboxylic acids is 1. The van der Waals surface area contributed by atoms with Crippen molar-refractivity contribution >= 4 is 23.9 Å². The SMILES string of the molecule is CCCCCCCCCCCCCCCC(=O)O[C@@H](C(=O)O)[C@@H](OC(=O)CCCCCCCCCCCCCCC)C(=O)OCC(O)CO. The summed E-state index contributed by atoms with van der Waals surface area (Å²) < 4.78 is 15.2. The maximum Gasteiger partial charge on any atom is 0.352 e. The largest absolute Gasteiger partial charge is 0.478 e. The molecule has 0 saturated carbocycles. The van der Waals surface area contributed by atoms with E-state index in [9.17, 15) is 29.4 Å². The Kier molecular flexibility index (Phi) is 32.7. The van der Waals surface area contributed by atoms with Crippen LogP contribution in [0.4, 0.5) is 0 Å². The summed E-state index contributed by atoms with van der Waals surface area (Å²) in [5.74, 6) is -4.53. The Hall–Kier alpha value is -2.20. The van der Waals surface area contributed by atoms with Crippen LogP contribution >= 0.6 is 0 Å². The molecule has 0 aliphatic carbocycles. The molecular formula is C39H72O10. The van der Waals surface area contributed by atoms with Gasteiger partial charge in [0.05, 0.1) is 6.61 Å². The van der Waals surface area contributed by atoms with Gasteiger partial charge in [-0.1, -0.05) is 168 Å². The predicted octanol–water partition coefficient (Wildman–Crippen LogP) is 8.75. The maximum absolute atomic E-state index is 12.8. The number of unbranched alkanes of at least 4 members (excludes halogenated alkanes) is 24. The second-order valence-electron chi connectivity index (χ2n) is 13.6. The molecule has 0 aliphatic rings. The molecule has 3 atom stereocenters. The monoisotopic (exact) mass is 701 g/mol. The van der Waals surface area contributed by atoms with Crippen LogP contribution in [0.15, 0.2) is 0 Å². The molecule has 0 spiro atoms. The fourth-order valence-corrected chi connectivity index (χ4v) is 5.76. The van der Waals surface area contributed by atoms with Crippen molar-refractivity contribution < 1.29 is 48.7 Å². The molecule has 0 aromatic rings. The average molecular weight is 701 g/mol. The van der Waals surface area contributed by atoms with Crippen molar-refractivity contribution in [1.29, 1.82) is 0 Å². The van der Waals surface area contributed by atoms with Gasteiger partial charge in [0.25, 0.3) is 0 Å². The third-order valence-electron chi connectivity index (χ3n) is 8.87. The minimum atomic E-state index is -2.09. The van der Waals surface area contributed by atoms with Gasteiger partial charge in [-0.25, -0.2) is 9.59 Å². The van der Waals surface area contributed by atoms with Crippen LogP contribution in [0.1, 0.15) is 194 Å². The number of carboxylic acid groups (broad SMARTS) is 1. The first kappa shape index (κ1) is 46.8. The molecule has 0 aromatic heterocycles. The summed E-state index contributed by atoms with van der Waals surface area (Å²) in [6, 6.07) is 0. The molecule has 0 fully saturated rings. The van der Waals surface area contributed by atoms with Crippen molar-refractivity contribution in [1.82, 2.24) is 0 Å². The molecule has 0 saturated heterocycles. The number of hydrogen-bond acceptors (Lipinski definition) is 9. The molecule has 10 nitrogen and oxygen atoms in total. The topological polar surface area (TPSA) is 157 Å². The zero-order chi connectivity index (χ0) is 36.4. The molecule has 3 N–H and O–H groups in total. The molecule has 0 aliphatic heterocycles. The van der Waals surface area contributed by atoms with Gasteiger partial charge in [-0.3, -0.25) is 9.59 Å². The van der Waals surface area contributed by atoms with Crippen LogP contribution in [0.2, 0.25) is 0 Å². The van der Waals surface area contributed by atoms with Gasteiger partial charge < -0.3 is 29.5 Å². The van der Waals surface area contributed by atoms with E-state index >= 15 is 0 Å². The van der Waals surface area contributed by atoms with Gasteiger partial charge in [-0.05, 0) is 12.8 Å². The van der Waals surface area contributed by atoms with E-state index in [1.165, 1.54) is 103 Å². The Morgan fingerprint density at radius 3 is 1.10 bits per heavy atom. The number of aliphatic hydroxyl groups is 2. The summed E-state index contributed by atoms with van der Waals surface area (Å²) in [4.78, 5) is 50.0. The predicted molar refractivity (Wildman–Crippen MR) is 192 cm³/mol. The molecule has 288 valence electrons. The van der Waals surface area contributed by atoms with E-state index in [-0.39, 0.29) is 12.8 Å². The van der Waals surface area contributed by atoms with Gasteiger partial charge in [0, 0.05) is 12.8 Å². The fourth-order valence-electron chi connectivity index (χ4n) is 5.76. The highest BCUT2D eigenvalue weighted by atomic mass is 16.6. The Labute approximate surface area is 297 Å². The lowest BCUT2D eigenvalue weighted by molar-refractivity contribution is -0.191. The van der Waals surface area contributed by atoms with Gasteiger partial charge >= 0.3 is 23.9 Å². The van der Waals surface area contributed by atoms with Gasteiger partial charge in [-0.2, -0.15) is 0 Å². The van der Waals surface area contributed by atoms with Gasteiger partial charge in [0.15, 0.2) is 0 Å². The molecule has 0 heterocycles. The Bertz CT molecular complexity index is 818. The van der Waals surface area contributed by atoms with E-state index in [1.807, 2.05) is 0 Å². The van der Waals surface area contributed by atoms with E-state index in [1.54, 1.807) is 0 Å². The van der Waals surface area contributed by atoms with E-state index in [0.29, 0.717) is 12.8 Å². The van der Waals surface area contributed by atoms with Crippen molar-refractivity contribution in [3.8, 4) is 0 Å². The van der Waals surface area contributed by atoms with Crippen LogP contribution in [-0.2, 0) is 33.4 Å². The number of ether oxygens (including phenoxy) is 3. The van der Waals surface area contributed by atoms with Crippen molar-refractivity contribution in [2.75, 3.05) is 13.2 Å². The minimum absolute atomic E-state index is 0.0277. The number of esters is 3. The first-order chi connectivity index (χ1) is 23.8. The minimum Gasteiger partial charge on any atom is -0.478 e. The summed E-state index contributed by atoms with van der Waals surface area (Å²) in [6.45, 7) is 3.12. The average Bonchev–Trinajstić information content (AvgIpc) is 3.08. The zero-order valence-corrected chi connectivity index (χ0v) is 31.1. The lowest BCUT2D eigenvalue weighted by Gasteiger charge is -2.23. The lowest BCUT2D eigenvalue weighted by Crippen LogP contribution is -2.47. The second kappa shape index (κ2) is 34.3. The van der Waals surface area contributed by atoms with Crippen LogP contribution < -0.4 is 0 Å². The van der Waals surface area contributed by atoms with Crippen LogP contribution in [-0.4, -0.2) is 70.7 Å². The van der Waals surface area contributed by atoms with Crippen LogP contribution in [0.3, 0.4) is 0 Å². The van der Waals surface area contributed by atoms with Crippen molar-refractivity contribution in [2.45, 2.75) is 212 Å². The standard InChI is InChI=1S/C39H72O10/c1-3-5-7-9-11-13-15-17-19-21-23-25-27-29-34(42)48-36(38(44)45)37(39(46)47-32-33(41)31-40)49-35(43)30-28-26-24-22-20-18-16-14-12-10-8-6-4-2/h33,36-37,40-41H,3-32H2,1-2H3,(H,44,45)/t33?,36-,37-/m1/s1. The summed E-state index contributed by atoms with van der Waals surface area (Å²) >= 11 is 0. The molecular weight excluding hydrogens is 628 g/mol. The van der Waals surface area contributed by atoms with Crippen LogP contribution in [0, 0.1) is 0 Å². The van der Waals surface area contributed by atoms with Gasteiger partial charge in [-0.15, -0.1) is 0 Å². The van der Waals surface area contributed by atoms with E-state index in [2.05, 4.69) is 13.8 Å². The number of aliphatic carboxylic acids is 1. The molecule has 0 bridgehead atoms. The highest BCUT2D eigenvalue weighted by Gasteiger charge is 2.41. The highest BCUT2D eigenvalue weighted by molar-refractivity contribution is 5.88. The Balaban J connectivity index is 4.55. The normalized spacial score (nSPS) is 13.1.